The van der Waals surface area contributed by atoms with Gasteiger partial charge in [-0.3, -0.25) is 9.59 Å². The van der Waals surface area contributed by atoms with Crippen molar-refractivity contribution in [2.75, 3.05) is 29.9 Å². The van der Waals surface area contributed by atoms with Crippen LogP contribution in [0.25, 0.3) is 0 Å². The molecule has 1 aliphatic heterocycles. The molecule has 2 amide bonds. The molecule has 6 heteroatoms. The van der Waals surface area contributed by atoms with Gasteiger partial charge in [0.05, 0.1) is 5.92 Å². The van der Waals surface area contributed by atoms with Crippen LogP contribution in [0.4, 0.5) is 5.82 Å². The fourth-order valence-electron chi connectivity index (χ4n) is 2.72. The predicted molar refractivity (Wildman–Crippen MR) is 94.5 cm³/mol. The number of piperidine rings is 1. The molecule has 2 rings (SSSR count). The molecule has 1 N–H and O–H groups in total. The van der Waals surface area contributed by atoms with Crippen LogP contribution in [0.5, 0.6) is 0 Å². The van der Waals surface area contributed by atoms with Crippen LogP contribution in [0, 0.1) is 12.8 Å². The van der Waals surface area contributed by atoms with Crippen molar-refractivity contribution in [3.8, 4) is 0 Å². The lowest BCUT2D eigenvalue weighted by molar-refractivity contribution is -0.134. The first-order valence-corrected chi connectivity index (χ1v) is 9.35. The smallest absolute Gasteiger partial charge is 0.230 e. The highest BCUT2D eigenvalue weighted by Gasteiger charge is 2.28. The van der Waals surface area contributed by atoms with E-state index in [-0.39, 0.29) is 17.7 Å². The molecular weight excluding hydrogens is 310 g/mol. The monoisotopic (exact) mass is 335 g/mol. The average molecular weight is 335 g/mol. The molecule has 0 unspecified atom stereocenters. The van der Waals surface area contributed by atoms with Crippen molar-refractivity contribution in [3.05, 3.63) is 23.9 Å². The molecule has 0 radical (unpaired) electrons. The van der Waals surface area contributed by atoms with Crippen LogP contribution in [0.15, 0.2) is 18.2 Å². The van der Waals surface area contributed by atoms with E-state index in [0.29, 0.717) is 18.8 Å². The number of aromatic nitrogens is 1. The van der Waals surface area contributed by atoms with Gasteiger partial charge in [0.25, 0.3) is 0 Å². The lowest BCUT2D eigenvalue weighted by Gasteiger charge is -2.32. The minimum atomic E-state index is -0.145. The molecule has 1 aromatic rings. The van der Waals surface area contributed by atoms with Crippen molar-refractivity contribution in [2.24, 2.45) is 5.92 Å². The summed E-state index contributed by atoms with van der Waals surface area (Å²) in [5.41, 5.74) is 0.872. The van der Waals surface area contributed by atoms with Crippen LogP contribution in [-0.4, -0.2) is 46.3 Å². The molecule has 0 aromatic carbocycles. The topological polar surface area (TPSA) is 62.3 Å². The third-order valence-electron chi connectivity index (χ3n) is 3.95. The third kappa shape index (κ3) is 5.53. The minimum Gasteiger partial charge on any atom is -0.342 e. The molecule has 1 saturated heterocycles. The molecule has 2 heterocycles. The highest BCUT2D eigenvalue weighted by Crippen LogP contribution is 2.19. The Morgan fingerprint density at radius 1 is 1.43 bits per heavy atom. The number of nitrogens with one attached hydrogen (secondary N) is 1. The summed E-state index contributed by atoms with van der Waals surface area (Å²) in [4.78, 5) is 30.8. The van der Waals surface area contributed by atoms with Crippen LogP contribution in [0.1, 0.15) is 31.9 Å². The zero-order valence-electron chi connectivity index (χ0n) is 13.9. The molecule has 5 nitrogen and oxygen atoms in total. The first-order valence-electron chi connectivity index (χ1n) is 8.20. The van der Waals surface area contributed by atoms with E-state index in [4.69, 9.17) is 0 Å². The molecule has 0 bridgehead atoms. The highest BCUT2D eigenvalue weighted by molar-refractivity contribution is 7.99. The second kappa shape index (κ2) is 8.91. The second-order valence-electron chi connectivity index (χ2n) is 5.78. The van der Waals surface area contributed by atoms with Gasteiger partial charge in [0.2, 0.25) is 11.8 Å². The first kappa shape index (κ1) is 17.8. The molecule has 1 aromatic heterocycles. The van der Waals surface area contributed by atoms with Crippen molar-refractivity contribution in [1.29, 1.82) is 0 Å². The first-order chi connectivity index (χ1) is 11.1. The lowest BCUT2D eigenvalue weighted by Crippen LogP contribution is -2.44. The highest BCUT2D eigenvalue weighted by atomic mass is 32.2. The van der Waals surface area contributed by atoms with Crippen molar-refractivity contribution in [1.82, 2.24) is 9.88 Å². The molecule has 23 heavy (non-hydrogen) atoms. The van der Waals surface area contributed by atoms with Gasteiger partial charge in [-0.25, -0.2) is 4.98 Å². The summed E-state index contributed by atoms with van der Waals surface area (Å²) in [5.74, 6) is 2.45. The summed E-state index contributed by atoms with van der Waals surface area (Å²) in [7, 11) is 0. The minimum absolute atomic E-state index is 0.0384. The van der Waals surface area contributed by atoms with Crippen LogP contribution < -0.4 is 5.32 Å². The standard InChI is InChI=1S/C17H25N3O2S/c1-3-23-11-9-16(21)20-10-5-7-14(12-20)17(22)19-15-8-4-6-13(2)18-15/h4,6,8,14H,3,5,7,9-12H2,1-2H3,(H,18,19,22)/t14-/m1/s1. The summed E-state index contributed by atoms with van der Waals surface area (Å²) in [6.45, 7) is 5.27. The van der Waals surface area contributed by atoms with Gasteiger partial charge in [0.15, 0.2) is 0 Å². The zero-order valence-corrected chi connectivity index (χ0v) is 14.7. The quantitative estimate of drug-likeness (QED) is 0.812. The molecule has 0 aliphatic carbocycles. The zero-order chi connectivity index (χ0) is 16.7. The van der Waals surface area contributed by atoms with Crippen LogP contribution in [-0.2, 0) is 9.59 Å². The van der Waals surface area contributed by atoms with Crippen molar-refractivity contribution in [3.63, 3.8) is 0 Å². The van der Waals surface area contributed by atoms with Gasteiger partial charge in [-0.2, -0.15) is 11.8 Å². The van der Waals surface area contributed by atoms with Crippen LogP contribution in [0.2, 0.25) is 0 Å². The molecule has 1 fully saturated rings. The second-order valence-corrected chi connectivity index (χ2v) is 7.17. The van der Waals surface area contributed by atoms with Crippen molar-refractivity contribution < 1.29 is 9.59 Å². The maximum Gasteiger partial charge on any atom is 0.230 e. The summed E-state index contributed by atoms with van der Waals surface area (Å²) in [6, 6.07) is 5.56. The number of carbonyl (C=O) groups is 2. The van der Waals surface area contributed by atoms with Crippen LogP contribution >= 0.6 is 11.8 Å². The Kier molecular flexibility index (Phi) is 6.89. The van der Waals surface area contributed by atoms with Gasteiger partial charge < -0.3 is 10.2 Å². The van der Waals surface area contributed by atoms with Gasteiger partial charge in [0, 0.05) is 31.0 Å². The molecule has 1 atom stereocenters. The Morgan fingerprint density at radius 3 is 3.00 bits per heavy atom. The molecule has 0 saturated carbocycles. The Hall–Kier alpha value is -1.56. The normalized spacial score (nSPS) is 17.8. The van der Waals surface area contributed by atoms with E-state index >= 15 is 0 Å². The number of aryl methyl sites for hydroxylation is 1. The predicted octanol–water partition coefficient (Wildman–Crippen LogP) is 2.71. The van der Waals surface area contributed by atoms with Crippen LogP contribution in [0.3, 0.4) is 0 Å². The summed E-state index contributed by atoms with van der Waals surface area (Å²) < 4.78 is 0. The molecule has 126 valence electrons. The van der Waals surface area contributed by atoms with Gasteiger partial charge in [0.1, 0.15) is 5.82 Å². The van der Waals surface area contributed by atoms with E-state index in [1.54, 1.807) is 17.8 Å². The lowest BCUT2D eigenvalue weighted by atomic mass is 9.97. The maximum absolute atomic E-state index is 12.4. The fourth-order valence-corrected chi connectivity index (χ4v) is 3.33. The van der Waals surface area contributed by atoms with Gasteiger partial charge in [-0.1, -0.05) is 13.0 Å². The van der Waals surface area contributed by atoms with E-state index in [0.717, 1.165) is 36.6 Å². The Balaban J connectivity index is 1.87. The number of hydrogen-bond donors (Lipinski definition) is 1. The van der Waals surface area contributed by atoms with E-state index < -0.39 is 0 Å². The van der Waals surface area contributed by atoms with Gasteiger partial charge in [-0.05, 0) is 37.7 Å². The van der Waals surface area contributed by atoms with Crippen molar-refractivity contribution >= 4 is 29.4 Å². The number of rotatable bonds is 6. The third-order valence-corrected chi connectivity index (χ3v) is 4.85. The van der Waals surface area contributed by atoms with E-state index in [1.165, 1.54) is 0 Å². The number of hydrogen-bond acceptors (Lipinski definition) is 4. The number of anilines is 1. The number of pyridine rings is 1. The SMILES string of the molecule is CCSCCC(=O)N1CCC[C@@H](C(=O)Nc2cccc(C)n2)C1. The fraction of sp³-hybridized carbons (Fsp3) is 0.588. The van der Waals surface area contributed by atoms with Gasteiger partial charge >= 0.3 is 0 Å². The Labute approximate surface area is 142 Å². The van der Waals surface area contributed by atoms with E-state index in [2.05, 4.69) is 17.2 Å². The number of nitrogens with zero attached hydrogens (tertiary/aromatic N) is 2. The number of amides is 2. The van der Waals surface area contributed by atoms with E-state index in [9.17, 15) is 9.59 Å². The summed E-state index contributed by atoms with van der Waals surface area (Å²) >= 11 is 1.78. The Morgan fingerprint density at radius 2 is 2.26 bits per heavy atom. The number of thioether (sulfide) groups is 1. The van der Waals surface area contributed by atoms with Crippen molar-refractivity contribution in [2.45, 2.75) is 33.1 Å². The van der Waals surface area contributed by atoms with E-state index in [1.807, 2.05) is 24.0 Å². The summed E-state index contributed by atoms with van der Waals surface area (Å²) in [6.07, 6.45) is 2.27. The number of likely N-dealkylation sites (tertiary alicyclic amines) is 1. The summed E-state index contributed by atoms with van der Waals surface area (Å²) in [5, 5.41) is 2.87. The Bertz CT molecular complexity index is 550. The molecule has 0 spiro atoms. The largest absolute Gasteiger partial charge is 0.342 e. The average Bonchev–Trinajstić information content (AvgIpc) is 2.55. The van der Waals surface area contributed by atoms with Gasteiger partial charge in [-0.15, -0.1) is 0 Å². The number of carbonyl (C=O) groups excluding carboxylic acids is 2. The molecular formula is C17H25N3O2S. The molecule has 1 aliphatic rings. The maximum atomic E-state index is 12.4.